The van der Waals surface area contributed by atoms with E-state index in [0.29, 0.717) is 5.69 Å². The number of rotatable bonds is 2. The first-order chi connectivity index (χ1) is 6.85. The average molecular weight is 188 g/mol. The highest BCUT2D eigenvalue weighted by atomic mass is 16.5. The van der Waals surface area contributed by atoms with Crippen molar-refractivity contribution in [1.29, 1.82) is 0 Å². The molecule has 1 aromatic carbocycles. The molecule has 2 aromatic rings. The van der Waals surface area contributed by atoms with Crippen LogP contribution in [-0.4, -0.2) is 18.2 Å². The quantitative estimate of drug-likeness (QED) is 0.579. The molecule has 1 aromatic heterocycles. The standard InChI is InChI=1S/C10H8N2O2/c1-14-7-2-3-9-8(4-7)10(5-11-9)12-6-13/h2-5,11H,1H3. The van der Waals surface area contributed by atoms with Crippen LogP contribution >= 0.6 is 0 Å². The SMILES string of the molecule is COc1ccc2[nH]cc(N=C=O)c2c1. The lowest BCUT2D eigenvalue weighted by atomic mass is 10.2. The van der Waals surface area contributed by atoms with E-state index < -0.39 is 0 Å². The molecule has 0 saturated carbocycles. The molecule has 0 aliphatic heterocycles. The fourth-order valence-electron chi connectivity index (χ4n) is 1.35. The van der Waals surface area contributed by atoms with Crippen molar-refractivity contribution >= 4 is 22.7 Å². The van der Waals surface area contributed by atoms with Gasteiger partial charge in [-0.25, -0.2) is 4.79 Å². The Labute approximate surface area is 80.2 Å². The first kappa shape index (κ1) is 8.53. The number of aromatic amines is 1. The van der Waals surface area contributed by atoms with Crippen molar-refractivity contribution in [2.24, 2.45) is 4.99 Å². The van der Waals surface area contributed by atoms with Gasteiger partial charge in [-0.2, -0.15) is 4.99 Å². The summed E-state index contributed by atoms with van der Waals surface area (Å²) in [6, 6.07) is 5.53. The van der Waals surface area contributed by atoms with Crippen LogP contribution in [-0.2, 0) is 4.79 Å². The lowest BCUT2D eigenvalue weighted by Gasteiger charge is -1.98. The van der Waals surface area contributed by atoms with E-state index in [1.165, 1.54) is 6.08 Å². The number of hydrogen-bond acceptors (Lipinski definition) is 3. The summed E-state index contributed by atoms with van der Waals surface area (Å²) >= 11 is 0. The van der Waals surface area contributed by atoms with Gasteiger partial charge < -0.3 is 9.72 Å². The second kappa shape index (κ2) is 3.36. The number of isocyanates is 1. The van der Waals surface area contributed by atoms with Crippen LogP contribution in [0.25, 0.3) is 10.9 Å². The second-order valence-corrected chi connectivity index (χ2v) is 2.79. The Balaban J connectivity index is 2.69. The zero-order valence-corrected chi connectivity index (χ0v) is 7.57. The number of nitrogens with one attached hydrogen (secondary N) is 1. The second-order valence-electron chi connectivity index (χ2n) is 2.79. The Hall–Kier alpha value is -2.06. The molecule has 14 heavy (non-hydrogen) atoms. The number of fused-ring (bicyclic) bond motifs is 1. The number of H-pyrrole nitrogens is 1. The van der Waals surface area contributed by atoms with Gasteiger partial charge in [-0.05, 0) is 18.2 Å². The Kier molecular flexibility index (Phi) is 2.05. The van der Waals surface area contributed by atoms with Gasteiger partial charge in [-0.15, -0.1) is 0 Å². The maximum Gasteiger partial charge on any atom is 0.240 e. The number of hydrogen-bond donors (Lipinski definition) is 1. The summed E-state index contributed by atoms with van der Waals surface area (Å²) < 4.78 is 5.07. The van der Waals surface area contributed by atoms with Crippen LogP contribution < -0.4 is 4.74 Å². The fourth-order valence-corrected chi connectivity index (χ4v) is 1.35. The first-order valence-electron chi connectivity index (χ1n) is 4.08. The molecule has 1 heterocycles. The van der Waals surface area contributed by atoms with Crippen molar-refractivity contribution in [3.05, 3.63) is 24.4 Å². The predicted molar refractivity (Wildman–Crippen MR) is 52.6 cm³/mol. The summed E-state index contributed by atoms with van der Waals surface area (Å²) in [6.45, 7) is 0. The molecule has 70 valence electrons. The van der Waals surface area contributed by atoms with E-state index in [9.17, 15) is 4.79 Å². The maximum atomic E-state index is 10.1. The van der Waals surface area contributed by atoms with Crippen LogP contribution in [0, 0.1) is 0 Å². The molecule has 0 saturated heterocycles. The molecule has 0 aliphatic rings. The Morgan fingerprint density at radius 3 is 3.07 bits per heavy atom. The minimum absolute atomic E-state index is 0.578. The average Bonchev–Trinajstić information content (AvgIpc) is 2.61. The summed E-state index contributed by atoms with van der Waals surface area (Å²) in [4.78, 5) is 16.7. The van der Waals surface area contributed by atoms with Crippen LogP contribution in [0.15, 0.2) is 29.4 Å². The highest BCUT2D eigenvalue weighted by molar-refractivity contribution is 5.92. The molecule has 4 heteroatoms. The third-order valence-corrected chi connectivity index (χ3v) is 2.03. The maximum absolute atomic E-state index is 10.1. The third-order valence-electron chi connectivity index (χ3n) is 2.03. The molecule has 0 spiro atoms. The number of ether oxygens (including phenoxy) is 1. The van der Waals surface area contributed by atoms with Gasteiger partial charge >= 0.3 is 0 Å². The van der Waals surface area contributed by atoms with Gasteiger partial charge in [0.2, 0.25) is 6.08 Å². The number of methoxy groups -OCH3 is 1. The molecule has 1 N–H and O–H groups in total. The Morgan fingerprint density at radius 1 is 1.50 bits per heavy atom. The molecule has 0 bridgehead atoms. The lowest BCUT2D eigenvalue weighted by Crippen LogP contribution is -1.80. The molecular formula is C10H8N2O2. The van der Waals surface area contributed by atoms with E-state index in [2.05, 4.69) is 9.98 Å². The first-order valence-corrected chi connectivity index (χ1v) is 4.08. The Bertz CT molecular complexity index is 510. The fraction of sp³-hybridized carbons (Fsp3) is 0.100. The highest BCUT2D eigenvalue weighted by Crippen LogP contribution is 2.28. The van der Waals surface area contributed by atoms with Crippen molar-refractivity contribution in [1.82, 2.24) is 4.98 Å². The normalized spacial score (nSPS) is 9.79. The zero-order chi connectivity index (χ0) is 9.97. The van der Waals surface area contributed by atoms with Crippen molar-refractivity contribution in [3.63, 3.8) is 0 Å². The number of nitrogens with zero attached hydrogens (tertiary/aromatic N) is 1. The molecular weight excluding hydrogens is 180 g/mol. The van der Waals surface area contributed by atoms with E-state index in [4.69, 9.17) is 4.74 Å². The molecule has 0 aliphatic carbocycles. The summed E-state index contributed by atoms with van der Waals surface area (Å²) in [5.41, 5.74) is 1.49. The summed E-state index contributed by atoms with van der Waals surface area (Å²) in [7, 11) is 1.59. The van der Waals surface area contributed by atoms with Gasteiger partial charge in [0.25, 0.3) is 0 Å². The van der Waals surface area contributed by atoms with Gasteiger partial charge in [-0.1, -0.05) is 0 Å². The number of aromatic nitrogens is 1. The lowest BCUT2D eigenvalue weighted by molar-refractivity contribution is 0.415. The van der Waals surface area contributed by atoms with Gasteiger partial charge in [0.05, 0.1) is 7.11 Å². The van der Waals surface area contributed by atoms with E-state index in [-0.39, 0.29) is 0 Å². The van der Waals surface area contributed by atoms with Crippen molar-refractivity contribution in [2.75, 3.05) is 7.11 Å². The van der Waals surface area contributed by atoms with E-state index in [0.717, 1.165) is 16.7 Å². The van der Waals surface area contributed by atoms with Crippen molar-refractivity contribution in [2.45, 2.75) is 0 Å². The minimum atomic E-state index is 0.578. The van der Waals surface area contributed by atoms with Gasteiger partial charge in [0.1, 0.15) is 11.4 Å². The van der Waals surface area contributed by atoms with Crippen LogP contribution in [0.1, 0.15) is 0 Å². The predicted octanol–water partition coefficient (Wildman–Crippen LogP) is 2.14. The number of aliphatic imine (C=N–C) groups is 1. The summed E-state index contributed by atoms with van der Waals surface area (Å²) in [5.74, 6) is 0.736. The van der Waals surface area contributed by atoms with Crippen molar-refractivity contribution < 1.29 is 9.53 Å². The molecule has 0 radical (unpaired) electrons. The molecule has 4 nitrogen and oxygen atoms in total. The largest absolute Gasteiger partial charge is 0.497 e. The summed E-state index contributed by atoms with van der Waals surface area (Å²) in [5, 5.41) is 0.854. The van der Waals surface area contributed by atoms with E-state index in [1.54, 1.807) is 13.3 Å². The van der Waals surface area contributed by atoms with Gasteiger partial charge in [0, 0.05) is 17.1 Å². The number of benzene rings is 1. The molecule has 2 rings (SSSR count). The Morgan fingerprint density at radius 2 is 2.36 bits per heavy atom. The van der Waals surface area contributed by atoms with Crippen LogP contribution in [0.3, 0.4) is 0 Å². The van der Waals surface area contributed by atoms with E-state index in [1.807, 2.05) is 18.2 Å². The van der Waals surface area contributed by atoms with Crippen LogP contribution in [0.5, 0.6) is 5.75 Å². The zero-order valence-electron chi connectivity index (χ0n) is 7.57. The smallest absolute Gasteiger partial charge is 0.240 e. The van der Waals surface area contributed by atoms with Gasteiger partial charge in [-0.3, -0.25) is 0 Å². The molecule has 0 atom stereocenters. The van der Waals surface area contributed by atoms with Crippen LogP contribution in [0.2, 0.25) is 0 Å². The topological polar surface area (TPSA) is 54.4 Å². The molecule has 0 fully saturated rings. The van der Waals surface area contributed by atoms with Crippen LogP contribution in [0.4, 0.5) is 5.69 Å². The third kappa shape index (κ3) is 1.28. The molecule has 0 amide bonds. The minimum Gasteiger partial charge on any atom is -0.497 e. The monoisotopic (exact) mass is 188 g/mol. The molecule has 0 unspecified atom stereocenters. The van der Waals surface area contributed by atoms with E-state index >= 15 is 0 Å². The van der Waals surface area contributed by atoms with Crippen molar-refractivity contribution in [3.8, 4) is 5.75 Å². The number of carbonyl (C=O) groups excluding carboxylic acids is 1. The highest BCUT2D eigenvalue weighted by Gasteiger charge is 2.03. The van der Waals surface area contributed by atoms with Gasteiger partial charge in [0.15, 0.2) is 0 Å². The summed E-state index contributed by atoms with van der Waals surface area (Å²) in [6.07, 6.45) is 3.18.